The third-order valence-corrected chi connectivity index (χ3v) is 7.16. The Morgan fingerprint density at radius 1 is 1.31 bits per heavy atom. The van der Waals surface area contributed by atoms with Gasteiger partial charge in [0.2, 0.25) is 0 Å². The molecule has 1 aromatic carbocycles. The largest absolute Gasteiger partial charge is 0.347 e. The summed E-state index contributed by atoms with van der Waals surface area (Å²) in [6.45, 7) is 4.49. The van der Waals surface area contributed by atoms with Gasteiger partial charge in [0.25, 0.3) is 0 Å². The maximum absolute atomic E-state index is 9.25. The summed E-state index contributed by atoms with van der Waals surface area (Å²) in [5, 5.41) is 18.5. The van der Waals surface area contributed by atoms with Crippen molar-refractivity contribution >= 4 is 28.7 Å². The average Bonchev–Trinajstić information content (AvgIpc) is 3.21. The molecule has 0 saturated carbocycles. The van der Waals surface area contributed by atoms with Gasteiger partial charge in [-0.05, 0) is 55.9 Å². The molecular formula is C24H24N4S. The SMILES string of the molecule is CCCc1nc(=C(C#N)C#N)sc1=CC1=C2N(C)c3ccccc3C2(C)CCC1. The molecule has 0 bridgehead atoms. The summed E-state index contributed by atoms with van der Waals surface area (Å²) in [4.78, 5) is 6.99. The number of thiazole rings is 1. The lowest BCUT2D eigenvalue weighted by Gasteiger charge is -2.34. The van der Waals surface area contributed by atoms with Gasteiger partial charge in [-0.1, -0.05) is 31.5 Å². The predicted octanol–water partition coefficient (Wildman–Crippen LogP) is 3.92. The molecule has 0 spiro atoms. The zero-order valence-electron chi connectivity index (χ0n) is 17.1. The Morgan fingerprint density at radius 3 is 2.79 bits per heavy atom. The molecule has 0 amide bonds. The molecular weight excluding hydrogens is 376 g/mol. The molecule has 0 radical (unpaired) electrons. The van der Waals surface area contributed by atoms with Crippen LogP contribution < -0.4 is 14.1 Å². The lowest BCUT2D eigenvalue weighted by atomic mass is 9.72. The summed E-state index contributed by atoms with van der Waals surface area (Å²) < 4.78 is 1.62. The Labute approximate surface area is 175 Å². The molecule has 0 N–H and O–H groups in total. The molecule has 29 heavy (non-hydrogen) atoms. The van der Waals surface area contributed by atoms with E-state index in [4.69, 9.17) is 0 Å². The fourth-order valence-electron chi connectivity index (χ4n) is 4.84. The van der Waals surface area contributed by atoms with Crippen molar-refractivity contribution in [1.29, 1.82) is 10.5 Å². The summed E-state index contributed by atoms with van der Waals surface area (Å²) >= 11 is 1.47. The summed E-state index contributed by atoms with van der Waals surface area (Å²) in [7, 11) is 2.17. The highest BCUT2D eigenvalue weighted by molar-refractivity contribution is 7.07. The van der Waals surface area contributed by atoms with E-state index in [1.165, 1.54) is 33.9 Å². The number of hydrogen-bond acceptors (Lipinski definition) is 5. The van der Waals surface area contributed by atoms with Crippen LogP contribution in [0.5, 0.6) is 0 Å². The summed E-state index contributed by atoms with van der Waals surface area (Å²) in [6, 6.07) is 12.7. The van der Waals surface area contributed by atoms with Crippen LogP contribution in [0.25, 0.3) is 11.6 Å². The average molecular weight is 401 g/mol. The van der Waals surface area contributed by atoms with Crippen LogP contribution in [0.1, 0.15) is 50.8 Å². The number of benzene rings is 1. The van der Waals surface area contributed by atoms with E-state index in [1.807, 2.05) is 12.1 Å². The van der Waals surface area contributed by atoms with E-state index in [0.717, 1.165) is 42.3 Å². The first-order valence-electron chi connectivity index (χ1n) is 10.1. The van der Waals surface area contributed by atoms with Crippen molar-refractivity contribution in [1.82, 2.24) is 4.98 Å². The van der Waals surface area contributed by atoms with Crippen molar-refractivity contribution in [2.24, 2.45) is 0 Å². The van der Waals surface area contributed by atoms with E-state index < -0.39 is 0 Å². The second-order valence-corrected chi connectivity index (χ2v) is 8.99. The van der Waals surface area contributed by atoms with E-state index in [2.05, 4.69) is 61.1 Å². The Bertz CT molecular complexity index is 1190. The summed E-state index contributed by atoms with van der Waals surface area (Å²) in [6.07, 6.45) is 7.44. The number of fused-ring (bicyclic) bond motifs is 3. The summed E-state index contributed by atoms with van der Waals surface area (Å²) in [5.74, 6) is 0. The van der Waals surface area contributed by atoms with Gasteiger partial charge in [0.15, 0.2) is 5.57 Å². The van der Waals surface area contributed by atoms with Crippen LogP contribution in [0.15, 0.2) is 35.5 Å². The van der Waals surface area contributed by atoms with Gasteiger partial charge in [-0.25, -0.2) is 4.98 Å². The Balaban J connectivity index is 1.95. The van der Waals surface area contributed by atoms with Gasteiger partial charge in [-0.3, -0.25) is 0 Å². The predicted molar refractivity (Wildman–Crippen MR) is 118 cm³/mol. The minimum Gasteiger partial charge on any atom is -0.347 e. The number of aromatic nitrogens is 1. The molecule has 1 atom stereocenters. The van der Waals surface area contributed by atoms with E-state index in [1.54, 1.807) is 0 Å². The maximum atomic E-state index is 9.25. The Morgan fingerprint density at radius 2 is 2.07 bits per heavy atom. The molecule has 1 aliphatic carbocycles. The lowest BCUT2D eigenvalue weighted by Crippen LogP contribution is -2.30. The minimum absolute atomic E-state index is 0.0322. The number of rotatable bonds is 3. The Hall–Kier alpha value is -2.89. The van der Waals surface area contributed by atoms with Crippen molar-refractivity contribution in [3.63, 3.8) is 0 Å². The number of nitrogens with zero attached hydrogens (tertiary/aromatic N) is 4. The molecule has 146 valence electrons. The first-order valence-corrected chi connectivity index (χ1v) is 10.9. The van der Waals surface area contributed by atoms with Gasteiger partial charge < -0.3 is 4.90 Å². The van der Waals surface area contributed by atoms with E-state index in [-0.39, 0.29) is 11.0 Å². The molecule has 1 unspecified atom stereocenters. The molecule has 4 nitrogen and oxygen atoms in total. The van der Waals surface area contributed by atoms with Gasteiger partial charge in [0.05, 0.1) is 10.2 Å². The number of anilines is 1. The third kappa shape index (κ3) is 3.07. The monoisotopic (exact) mass is 400 g/mol. The maximum Gasteiger partial charge on any atom is 0.165 e. The van der Waals surface area contributed by atoms with Crippen molar-refractivity contribution in [3.05, 3.63) is 56.0 Å². The molecule has 0 fully saturated rings. The first-order chi connectivity index (χ1) is 14.0. The molecule has 1 aromatic heterocycles. The van der Waals surface area contributed by atoms with Gasteiger partial charge in [-0.2, -0.15) is 10.5 Å². The standard InChI is InChI=1S/C24H24N4S/c1-4-8-19-21(29-23(27-19)17(14-25)15-26)13-16-9-7-12-24(2)18-10-5-6-11-20(18)28(3)22(16)24/h5-6,10-11,13H,4,7-9,12H2,1-3H3. The van der Waals surface area contributed by atoms with Gasteiger partial charge >= 0.3 is 0 Å². The quantitative estimate of drug-likeness (QED) is 0.783. The van der Waals surface area contributed by atoms with Crippen LogP contribution >= 0.6 is 11.3 Å². The highest BCUT2D eigenvalue weighted by Gasteiger charge is 2.44. The molecule has 5 heteroatoms. The second kappa shape index (κ2) is 7.50. The van der Waals surface area contributed by atoms with Crippen molar-refractivity contribution < 1.29 is 0 Å². The minimum atomic E-state index is 0.0322. The van der Waals surface area contributed by atoms with Crippen molar-refractivity contribution in [2.45, 2.75) is 51.4 Å². The smallest absolute Gasteiger partial charge is 0.165 e. The first kappa shape index (κ1) is 19.4. The van der Waals surface area contributed by atoms with Crippen LogP contribution in [-0.2, 0) is 11.8 Å². The van der Waals surface area contributed by atoms with Crippen LogP contribution in [0.3, 0.4) is 0 Å². The number of allylic oxidation sites excluding steroid dienone is 2. The fraction of sp³-hybridized carbons (Fsp3) is 0.375. The second-order valence-electron chi connectivity index (χ2n) is 7.96. The van der Waals surface area contributed by atoms with Gasteiger partial charge in [0.1, 0.15) is 16.8 Å². The van der Waals surface area contributed by atoms with Crippen LogP contribution in [0.2, 0.25) is 0 Å². The van der Waals surface area contributed by atoms with Crippen molar-refractivity contribution in [3.8, 4) is 12.1 Å². The Kier molecular flexibility index (Phi) is 5.03. The lowest BCUT2D eigenvalue weighted by molar-refractivity contribution is 0.469. The van der Waals surface area contributed by atoms with E-state index >= 15 is 0 Å². The molecule has 2 aliphatic rings. The molecule has 4 rings (SSSR count). The number of hydrogen-bond donors (Lipinski definition) is 0. The number of aryl methyl sites for hydroxylation is 1. The molecule has 2 aromatic rings. The molecule has 1 aliphatic heterocycles. The zero-order valence-corrected chi connectivity index (χ0v) is 17.9. The van der Waals surface area contributed by atoms with Crippen LogP contribution in [0, 0.1) is 22.7 Å². The topological polar surface area (TPSA) is 63.7 Å². The number of para-hydroxylation sites is 1. The van der Waals surface area contributed by atoms with E-state index in [0.29, 0.717) is 4.66 Å². The molecule has 0 saturated heterocycles. The highest BCUT2D eigenvalue weighted by atomic mass is 32.1. The van der Waals surface area contributed by atoms with Crippen LogP contribution in [0.4, 0.5) is 5.69 Å². The zero-order chi connectivity index (χ0) is 20.6. The number of nitriles is 2. The fourth-order valence-corrected chi connectivity index (χ4v) is 5.87. The highest BCUT2D eigenvalue weighted by Crippen LogP contribution is 2.53. The van der Waals surface area contributed by atoms with E-state index in [9.17, 15) is 10.5 Å². The third-order valence-electron chi connectivity index (χ3n) is 6.10. The molecule has 2 heterocycles. The normalized spacial score (nSPS) is 20.9. The van der Waals surface area contributed by atoms with Crippen LogP contribution in [-0.4, -0.2) is 12.0 Å². The number of likely N-dealkylation sites (N-methyl/N-ethyl adjacent to an activating group) is 1. The summed E-state index contributed by atoms with van der Waals surface area (Å²) in [5.41, 5.74) is 6.56. The van der Waals surface area contributed by atoms with Gasteiger partial charge in [-0.15, -0.1) is 11.3 Å². The van der Waals surface area contributed by atoms with Gasteiger partial charge in [0, 0.05) is 23.8 Å². The van der Waals surface area contributed by atoms with Crippen molar-refractivity contribution in [2.75, 3.05) is 11.9 Å².